The van der Waals surface area contributed by atoms with E-state index < -0.39 is 0 Å². The Morgan fingerprint density at radius 1 is 1.26 bits per heavy atom. The number of nitrogens with two attached hydrogens (primary N) is 1. The lowest BCUT2D eigenvalue weighted by molar-refractivity contribution is 0.935. The van der Waals surface area contributed by atoms with Gasteiger partial charge in [-0.3, -0.25) is 4.98 Å². The minimum Gasteiger partial charge on any atom is -0.368 e. The van der Waals surface area contributed by atoms with E-state index in [-0.39, 0.29) is 5.95 Å². The molecule has 7 nitrogen and oxygen atoms in total. The standard InChI is InChI=1S/C12H17N7/c1-8-5-4-6-14-9(8)7-15-11-16-10(13)17-12(18-11)19(2)3/h4-6H,7H2,1-3H3,(H3,13,15,16,17,18). The molecule has 0 spiro atoms. The van der Waals surface area contributed by atoms with Crippen LogP contribution in [0.1, 0.15) is 11.3 Å². The van der Waals surface area contributed by atoms with Crippen molar-refractivity contribution in [3.05, 3.63) is 29.6 Å². The van der Waals surface area contributed by atoms with Crippen LogP contribution in [-0.2, 0) is 6.54 Å². The van der Waals surface area contributed by atoms with Crippen LogP contribution in [0.5, 0.6) is 0 Å². The molecule has 0 aliphatic heterocycles. The molecule has 2 aromatic heterocycles. The summed E-state index contributed by atoms with van der Waals surface area (Å²) in [7, 11) is 3.70. The Bertz CT molecular complexity index is 568. The average Bonchev–Trinajstić information content (AvgIpc) is 2.37. The summed E-state index contributed by atoms with van der Waals surface area (Å²) in [6, 6.07) is 3.92. The lowest BCUT2D eigenvalue weighted by Crippen LogP contribution is -2.16. The molecule has 2 aromatic rings. The molecule has 0 amide bonds. The summed E-state index contributed by atoms with van der Waals surface area (Å²) < 4.78 is 0. The zero-order chi connectivity index (χ0) is 13.8. The molecular formula is C12H17N7. The molecular weight excluding hydrogens is 242 g/mol. The quantitative estimate of drug-likeness (QED) is 0.840. The lowest BCUT2D eigenvalue weighted by atomic mass is 10.2. The second-order valence-electron chi connectivity index (χ2n) is 4.33. The van der Waals surface area contributed by atoms with Crippen LogP contribution < -0.4 is 16.0 Å². The summed E-state index contributed by atoms with van der Waals surface area (Å²) in [6.45, 7) is 2.56. The predicted octanol–water partition coefficient (Wildman–Crippen LogP) is 0.835. The summed E-state index contributed by atoms with van der Waals surface area (Å²) >= 11 is 0. The normalized spacial score (nSPS) is 10.3. The number of pyridine rings is 1. The van der Waals surface area contributed by atoms with Gasteiger partial charge in [0.2, 0.25) is 17.8 Å². The Balaban J connectivity index is 2.14. The first-order chi connectivity index (χ1) is 9.06. The summed E-state index contributed by atoms with van der Waals surface area (Å²) in [6.07, 6.45) is 1.76. The Hall–Kier alpha value is -2.44. The summed E-state index contributed by atoms with van der Waals surface area (Å²) in [5.74, 6) is 1.16. The molecule has 0 unspecified atom stereocenters. The Kier molecular flexibility index (Phi) is 3.74. The lowest BCUT2D eigenvalue weighted by Gasteiger charge is -2.12. The third-order valence-corrected chi connectivity index (χ3v) is 2.57. The number of nitrogens with one attached hydrogen (secondary N) is 1. The van der Waals surface area contributed by atoms with Crippen molar-refractivity contribution in [1.29, 1.82) is 0 Å². The molecule has 0 fully saturated rings. The zero-order valence-corrected chi connectivity index (χ0v) is 11.3. The van der Waals surface area contributed by atoms with Gasteiger partial charge in [0, 0.05) is 20.3 Å². The highest BCUT2D eigenvalue weighted by atomic mass is 15.3. The number of anilines is 3. The van der Waals surface area contributed by atoms with Gasteiger partial charge in [-0.05, 0) is 18.6 Å². The number of hydrogen-bond donors (Lipinski definition) is 2. The van der Waals surface area contributed by atoms with E-state index in [4.69, 9.17) is 5.73 Å². The van der Waals surface area contributed by atoms with Gasteiger partial charge in [-0.1, -0.05) is 6.07 Å². The van der Waals surface area contributed by atoms with Crippen LogP contribution in [0.2, 0.25) is 0 Å². The average molecular weight is 259 g/mol. The molecule has 2 rings (SSSR count). The van der Waals surface area contributed by atoms with Crippen molar-refractivity contribution >= 4 is 17.8 Å². The van der Waals surface area contributed by atoms with E-state index in [9.17, 15) is 0 Å². The van der Waals surface area contributed by atoms with Crippen LogP contribution in [0.3, 0.4) is 0 Å². The zero-order valence-electron chi connectivity index (χ0n) is 11.3. The molecule has 100 valence electrons. The summed E-state index contributed by atoms with van der Waals surface area (Å²) in [5.41, 5.74) is 7.72. The van der Waals surface area contributed by atoms with Crippen LogP contribution in [0.25, 0.3) is 0 Å². The van der Waals surface area contributed by atoms with Gasteiger partial charge in [-0.2, -0.15) is 15.0 Å². The summed E-state index contributed by atoms with van der Waals surface area (Å²) in [4.78, 5) is 18.4. The fourth-order valence-electron chi connectivity index (χ4n) is 1.53. The first-order valence-electron chi connectivity index (χ1n) is 5.89. The van der Waals surface area contributed by atoms with Gasteiger partial charge in [0.25, 0.3) is 0 Å². The van der Waals surface area contributed by atoms with Gasteiger partial charge in [-0.15, -0.1) is 0 Å². The van der Waals surface area contributed by atoms with E-state index in [1.807, 2.05) is 33.2 Å². The molecule has 0 atom stereocenters. The van der Waals surface area contributed by atoms with Crippen LogP contribution >= 0.6 is 0 Å². The van der Waals surface area contributed by atoms with Gasteiger partial charge < -0.3 is 16.0 Å². The highest BCUT2D eigenvalue weighted by molar-refractivity contribution is 5.41. The van der Waals surface area contributed by atoms with E-state index in [0.717, 1.165) is 11.3 Å². The monoisotopic (exact) mass is 259 g/mol. The van der Waals surface area contributed by atoms with E-state index in [1.165, 1.54) is 0 Å². The number of aryl methyl sites for hydroxylation is 1. The Labute approximate surface area is 111 Å². The van der Waals surface area contributed by atoms with Crippen molar-refractivity contribution in [2.24, 2.45) is 0 Å². The van der Waals surface area contributed by atoms with Crippen molar-refractivity contribution in [2.75, 3.05) is 30.0 Å². The molecule has 0 aromatic carbocycles. The second-order valence-corrected chi connectivity index (χ2v) is 4.33. The second kappa shape index (κ2) is 5.47. The van der Waals surface area contributed by atoms with Crippen molar-refractivity contribution in [3.63, 3.8) is 0 Å². The van der Waals surface area contributed by atoms with Crippen LogP contribution in [0, 0.1) is 6.92 Å². The van der Waals surface area contributed by atoms with Crippen molar-refractivity contribution in [2.45, 2.75) is 13.5 Å². The van der Waals surface area contributed by atoms with Gasteiger partial charge in [0.15, 0.2) is 0 Å². The van der Waals surface area contributed by atoms with Crippen LogP contribution in [0.15, 0.2) is 18.3 Å². The maximum absolute atomic E-state index is 5.65. The molecule has 0 radical (unpaired) electrons. The van der Waals surface area contributed by atoms with E-state index in [2.05, 4.69) is 25.3 Å². The molecule has 0 aliphatic carbocycles. The van der Waals surface area contributed by atoms with Gasteiger partial charge in [-0.25, -0.2) is 0 Å². The Morgan fingerprint density at radius 3 is 2.74 bits per heavy atom. The third-order valence-electron chi connectivity index (χ3n) is 2.57. The highest BCUT2D eigenvalue weighted by Crippen LogP contribution is 2.11. The van der Waals surface area contributed by atoms with E-state index in [0.29, 0.717) is 18.4 Å². The van der Waals surface area contributed by atoms with Crippen molar-refractivity contribution < 1.29 is 0 Å². The molecule has 3 N–H and O–H groups in total. The number of nitrogens with zero attached hydrogens (tertiary/aromatic N) is 5. The number of nitrogen functional groups attached to an aromatic ring is 1. The van der Waals surface area contributed by atoms with Crippen molar-refractivity contribution in [1.82, 2.24) is 19.9 Å². The first-order valence-corrected chi connectivity index (χ1v) is 5.89. The SMILES string of the molecule is Cc1cccnc1CNc1nc(N)nc(N(C)C)n1. The molecule has 0 saturated carbocycles. The summed E-state index contributed by atoms with van der Waals surface area (Å²) in [5, 5.41) is 3.11. The number of aromatic nitrogens is 4. The van der Waals surface area contributed by atoms with Crippen molar-refractivity contribution in [3.8, 4) is 0 Å². The molecule has 7 heteroatoms. The minimum absolute atomic E-state index is 0.193. The number of rotatable bonds is 4. The fraction of sp³-hybridized carbons (Fsp3) is 0.333. The first kappa shape index (κ1) is 13.0. The Morgan fingerprint density at radius 2 is 2.05 bits per heavy atom. The maximum Gasteiger partial charge on any atom is 0.231 e. The van der Waals surface area contributed by atoms with Crippen LogP contribution in [-0.4, -0.2) is 34.0 Å². The van der Waals surface area contributed by atoms with Crippen LogP contribution in [0.4, 0.5) is 17.8 Å². The molecule has 0 aliphatic rings. The number of hydrogen-bond acceptors (Lipinski definition) is 7. The van der Waals surface area contributed by atoms with E-state index in [1.54, 1.807) is 11.1 Å². The highest BCUT2D eigenvalue weighted by Gasteiger charge is 2.06. The minimum atomic E-state index is 0.193. The predicted molar refractivity (Wildman–Crippen MR) is 74.9 cm³/mol. The topological polar surface area (TPSA) is 92.8 Å². The third kappa shape index (κ3) is 3.27. The molecule has 0 saturated heterocycles. The van der Waals surface area contributed by atoms with Gasteiger partial charge in [0.05, 0.1) is 12.2 Å². The largest absolute Gasteiger partial charge is 0.368 e. The van der Waals surface area contributed by atoms with Gasteiger partial charge in [0.1, 0.15) is 0 Å². The molecule has 19 heavy (non-hydrogen) atoms. The fourth-order valence-corrected chi connectivity index (χ4v) is 1.53. The molecule has 2 heterocycles. The maximum atomic E-state index is 5.65. The van der Waals surface area contributed by atoms with Gasteiger partial charge >= 0.3 is 0 Å². The van der Waals surface area contributed by atoms with E-state index >= 15 is 0 Å². The smallest absolute Gasteiger partial charge is 0.231 e. The molecule has 0 bridgehead atoms.